The Labute approximate surface area is 209 Å². The van der Waals surface area contributed by atoms with E-state index in [0.717, 1.165) is 50.8 Å². The maximum atomic E-state index is 13.8. The maximum absolute atomic E-state index is 13.8. The lowest BCUT2D eigenvalue weighted by atomic mass is 9.74. The fraction of sp³-hybridized carbons (Fsp3) is 0.667. The van der Waals surface area contributed by atoms with Gasteiger partial charge in [-0.1, -0.05) is 30.3 Å². The van der Waals surface area contributed by atoms with Crippen LogP contribution in [0, 0.1) is 11.8 Å². The lowest BCUT2D eigenvalue weighted by Gasteiger charge is -2.42. The van der Waals surface area contributed by atoms with Gasteiger partial charge in [-0.25, -0.2) is 4.79 Å². The molecule has 0 aliphatic carbocycles. The highest BCUT2D eigenvalue weighted by Gasteiger charge is 2.55. The van der Waals surface area contributed by atoms with Crippen molar-refractivity contribution in [3.8, 4) is 0 Å². The minimum atomic E-state index is -0.903. The molecule has 4 rings (SSSR count). The van der Waals surface area contributed by atoms with Crippen LogP contribution in [-0.4, -0.2) is 103 Å². The Morgan fingerprint density at radius 2 is 1.80 bits per heavy atom. The number of hydrogen-bond donors (Lipinski definition) is 1. The standard InChI is InChI=1S/C27H41N5O3/c1-29(2)18-19-32-25(34)27(28-26(32)35,14-11-21-8-5-4-6-9-21)23-12-16-31(17-13-23)24(33)22-10-7-15-30(3)20-22/h4-6,8-9,22-23H,7,10-20H2,1-3H3,(H,28,35). The van der Waals surface area contributed by atoms with Crippen molar-refractivity contribution in [1.29, 1.82) is 0 Å². The molecule has 192 valence electrons. The van der Waals surface area contributed by atoms with Gasteiger partial charge in [0.05, 0.1) is 5.92 Å². The molecule has 3 saturated heterocycles. The second-order valence-corrected chi connectivity index (χ2v) is 10.8. The minimum Gasteiger partial charge on any atom is -0.342 e. The second-order valence-electron chi connectivity index (χ2n) is 10.8. The molecule has 8 nitrogen and oxygen atoms in total. The number of likely N-dealkylation sites (tertiary alicyclic amines) is 2. The Morgan fingerprint density at radius 3 is 2.46 bits per heavy atom. The highest BCUT2D eigenvalue weighted by Crippen LogP contribution is 2.37. The first-order valence-electron chi connectivity index (χ1n) is 13.1. The van der Waals surface area contributed by atoms with Crippen molar-refractivity contribution in [1.82, 2.24) is 24.9 Å². The van der Waals surface area contributed by atoms with Gasteiger partial charge in [0.25, 0.3) is 5.91 Å². The summed E-state index contributed by atoms with van der Waals surface area (Å²) < 4.78 is 0. The zero-order valence-corrected chi connectivity index (χ0v) is 21.5. The number of urea groups is 1. The van der Waals surface area contributed by atoms with E-state index in [1.807, 2.05) is 42.1 Å². The molecular formula is C27H41N5O3. The van der Waals surface area contributed by atoms with E-state index in [2.05, 4.69) is 29.4 Å². The monoisotopic (exact) mass is 483 g/mol. The van der Waals surface area contributed by atoms with Crippen LogP contribution in [0.15, 0.2) is 30.3 Å². The van der Waals surface area contributed by atoms with Crippen LogP contribution in [0.1, 0.15) is 37.7 Å². The number of nitrogens with zero attached hydrogens (tertiary/aromatic N) is 4. The van der Waals surface area contributed by atoms with Crippen LogP contribution in [0.2, 0.25) is 0 Å². The number of rotatable bonds is 8. The van der Waals surface area contributed by atoms with Gasteiger partial charge >= 0.3 is 6.03 Å². The van der Waals surface area contributed by atoms with Gasteiger partial charge in [-0.2, -0.15) is 0 Å². The summed E-state index contributed by atoms with van der Waals surface area (Å²) in [6.07, 6.45) is 4.79. The molecule has 0 spiro atoms. The van der Waals surface area contributed by atoms with Gasteiger partial charge in [0.1, 0.15) is 5.54 Å². The van der Waals surface area contributed by atoms with Gasteiger partial charge in [0, 0.05) is 32.7 Å². The number of carbonyl (C=O) groups is 3. The number of carbonyl (C=O) groups excluding carboxylic acids is 3. The number of nitrogens with one attached hydrogen (secondary N) is 1. The topological polar surface area (TPSA) is 76.2 Å². The fourth-order valence-electron chi connectivity index (χ4n) is 6.00. The van der Waals surface area contributed by atoms with E-state index in [9.17, 15) is 14.4 Å². The quantitative estimate of drug-likeness (QED) is 0.573. The first-order valence-corrected chi connectivity index (χ1v) is 13.1. The van der Waals surface area contributed by atoms with Crippen molar-refractivity contribution in [2.75, 3.05) is 60.4 Å². The van der Waals surface area contributed by atoms with Crippen LogP contribution in [0.3, 0.4) is 0 Å². The SMILES string of the molecule is CN(C)CCN1C(=O)NC(CCc2ccccc2)(C2CCN(C(=O)C3CCCN(C)C3)CC2)C1=O. The highest BCUT2D eigenvalue weighted by atomic mass is 16.2. The van der Waals surface area contributed by atoms with Crippen molar-refractivity contribution >= 4 is 17.8 Å². The molecule has 1 aromatic rings. The van der Waals surface area contributed by atoms with E-state index >= 15 is 0 Å². The van der Waals surface area contributed by atoms with Crippen LogP contribution in [0.25, 0.3) is 0 Å². The number of piperidine rings is 2. The van der Waals surface area contributed by atoms with Crippen LogP contribution in [0.5, 0.6) is 0 Å². The van der Waals surface area contributed by atoms with Crippen molar-refractivity contribution < 1.29 is 14.4 Å². The van der Waals surface area contributed by atoms with Gasteiger partial charge in [0.15, 0.2) is 0 Å². The Bertz CT molecular complexity index is 899. The normalized spacial score (nSPS) is 26.5. The number of likely N-dealkylation sites (N-methyl/N-ethyl adjacent to an activating group) is 1. The van der Waals surface area contributed by atoms with Crippen molar-refractivity contribution in [3.05, 3.63) is 35.9 Å². The number of benzene rings is 1. The van der Waals surface area contributed by atoms with Crippen molar-refractivity contribution in [3.63, 3.8) is 0 Å². The van der Waals surface area contributed by atoms with E-state index in [-0.39, 0.29) is 29.7 Å². The van der Waals surface area contributed by atoms with Crippen LogP contribution in [-0.2, 0) is 16.0 Å². The first kappa shape index (κ1) is 25.6. The summed E-state index contributed by atoms with van der Waals surface area (Å²) in [6, 6.07) is 9.86. The van der Waals surface area contributed by atoms with Gasteiger partial charge in [-0.3, -0.25) is 14.5 Å². The van der Waals surface area contributed by atoms with Crippen molar-refractivity contribution in [2.24, 2.45) is 11.8 Å². The summed E-state index contributed by atoms with van der Waals surface area (Å²) in [5.41, 5.74) is 0.258. The third kappa shape index (κ3) is 5.70. The predicted molar refractivity (Wildman–Crippen MR) is 136 cm³/mol. The first-order chi connectivity index (χ1) is 16.8. The molecule has 3 fully saturated rings. The molecule has 2 unspecified atom stereocenters. The Kier molecular flexibility index (Phi) is 8.12. The molecule has 1 N–H and O–H groups in total. The summed E-state index contributed by atoms with van der Waals surface area (Å²) in [4.78, 5) is 47.6. The zero-order valence-electron chi connectivity index (χ0n) is 21.5. The van der Waals surface area contributed by atoms with Gasteiger partial charge in [0.2, 0.25) is 5.91 Å². The lowest BCUT2D eigenvalue weighted by molar-refractivity contribution is -0.140. The molecular weight excluding hydrogens is 442 g/mol. The third-order valence-corrected chi connectivity index (χ3v) is 8.10. The van der Waals surface area contributed by atoms with E-state index < -0.39 is 5.54 Å². The van der Waals surface area contributed by atoms with Gasteiger partial charge in [-0.15, -0.1) is 0 Å². The third-order valence-electron chi connectivity index (χ3n) is 8.10. The Balaban J connectivity index is 1.47. The van der Waals surface area contributed by atoms with Crippen molar-refractivity contribution in [2.45, 2.75) is 44.1 Å². The molecule has 1 aromatic carbocycles. The van der Waals surface area contributed by atoms with E-state index in [1.54, 1.807) is 0 Å². The lowest BCUT2D eigenvalue weighted by Crippen LogP contribution is -2.57. The molecule has 0 aromatic heterocycles. The molecule has 35 heavy (non-hydrogen) atoms. The molecule has 0 radical (unpaired) electrons. The minimum absolute atomic E-state index is 0.0186. The van der Waals surface area contributed by atoms with E-state index in [1.165, 1.54) is 4.90 Å². The molecule has 3 heterocycles. The molecule has 3 aliphatic heterocycles. The van der Waals surface area contributed by atoms with Gasteiger partial charge < -0.3 is 20.0 Å². The Hall–Kier alpha value is -2.45. The molecule has 0 saturated carbocycles. The zero-order chi connectivity index (χ0) is 25.0. The summed E-state index contributed by atoms with van der Waals surface area (Å²) in [5.74, 6) is 0.249. The molecule has 8 heteroatoms. The van der Waals surface area contributed by atoms with Crippen LogP contribution >= 0.6 is 0 Å². The average Bonchev–Trinajstić information content (AvgIpc) is 3.11. The fourth-order valence-corrected chi connectivity index (χ4v) is 6.00. The summed E-state index contributed by atoms with van der Waals surface area (Å²) in [5, 5.41) is 3.15. The summed E-state index contributed by atoms with van der Waals surface area (Å²) in [7, 11) is 5.97. The second kappa shape index (κ2) is 11.1. The molecule has 0 bridgehead atoms. The molecule has 4 amide bonds. The summed E-state index contributed by atoms with van der Waals surface area (Å²) in [6.45, 7) is 4.21. The van der Waals surface area contributed by atoms with Gasteiger partial charge in [-0.05, 0) is 77.7 Å². The maximum Gasteiger partial charge on any atom is 0.325 e. The van der Waals surface area contributed by atoms with E-state index in [4.69, 9.17) is 0 Å². The number of imide groups is 1. The molecule has 2 atom stereocenters. The highest BCUT2D eigenvalue weighted by molar-refractivity contribution is 6.07. The Morgan fingerprint density at radius 1 is 1.09 bits per heavy atom. The van der Waals surface area contributed by atoms with Crippen LogP contribution in [0.4, 0.5) is 4.79 Å². The smallest absolute Gasteiger partial charge is 0.325 e. The average molecular weight is 484 g/mol. The number of amides is 4. The molecule has 3 aliphatic rings. The largest absolute Gasteiger partial charge is 0.342 e. The predicted octanol–water partition coefficient (Wildman–Crippen LogP) is 2.05. The van der Waals surface area contributed by atoms with Crippen LogP contribution < -0.4 is 5.32 Å². The summed E-state index contributed by atoms with van der Waals surface area (Å²) >= 11 is 0. The van der Waals surface area contributed by atoms with E-state index in [0.29, 0.717) is 32.6 Å². The number of aryl methyl sites for hydroxylation is 1. The number of hydrogen-bond acceptors (Lipinski definition) is 5.